The van der Waals surface area contributed by atoms with Crippen molar-refractivity contribution in [2.24, 2.45) is 0 Å². The van der Waals surface area contributed by atoms with E-state index in [1.54, 1.807) is 32.3 Å². The van der Waals surface area contributed by atoms with Crippen molar-refractivity contribution in [3.8, 4) is 0 Å². The average Bonchev–Trinajstić information content (AvgIpc) is 2.19. The number of thiol groups is 1. The van der Waals surface area contributed by atoms with Crippen molar-refractivity contribution in [3.63, 3.8) is 0 Å². The highest BCUT2D eigenvalue weighted by Gasteiger charge is 2.18. The van der Waals surface area contributed by atoms with E-state index in [1.807, 2.05) is 0 Å². The zero-order valence-electron chi connectivity index (χ0n) is 8.75. The van der Waals surface area contributed by atoms with Gasteiger partial charge < -0.3 is 0 Å². The van der Waals surface area contributed by atoms with Crippen LogP contribution in [0.2, 0.25) is 0 Å². The van der Waals surface area contributed by atoms with Crippen LogP contribution in [0.15, 0.2) is 22.7 Å². The molecule has 0 amide bonds. The summed E-state index contributed by atoms with van der Waals surface area (Å²) in [4.78, 5) is 10.9. The van der Waals surface area contributed by atoms with Crippen LogP contribution in [0.5, 0.6) is 0 Å². The van der Waals surface area contributed by atoms with Gasteiger partial charge in [0.15, 0.2) is 6.29 Å². The van der Waals surface area contributed by atoms with Crippen molar-refractivity contribution in [1.82, 2.24) is 5.01 Å². The number of carbonyl (C=O) groups excluding carboxylic acids is 1. The second kappa shape index (κ2) is 5.42. The number of aldehydes is 1. The first kappa shape index (κ1) is 13.1. The van der Waals surface area contributed by atoms with E-state index >= 15 is 0 Å². The number of anilines is 1. The van der Waals surface area contributed by atoms with E-state index in [2.05, 4.69) is 15.9 Å². The molecular weight excluding hydrogens is 296 g/mol. The van der Waals surface area contributed by atoms with Gasteiger partial charge in [0, 0.05) is 24.1 Å². The second-order valence-corrected chi connectivity index (χ2v) is 4.88. The molecule has 88 valence electrons. The van der Waals surface area contributed by atoms with E-state index in [-0.39, 0.29) is 0 Å². The number of halogens is 1. The molecule has 1 aromatic rings. The van der Waals surface area contributed by atoms with E-state index in [1.165, 1.54) is 5.01 Å². The molecule has 0 fully saturated rings. The monoisotopic (exact) mass is 306 g/mol. The maximum absolute atomic E-state index is 11.1. The Hall–Kier alpha value is -0.920. The molecular formula is C9H11BrN2O3S. The summed E-state index contributed by atoms with van der Waals surface area (Å²) in [6.07, 6.45) is 0.620. The van der Waals surface area contributed by atoms with E-state index in [4.69, 9.17) is 0 Å². The average molecular weight is 307 g/mol. The Morgan fingerprint density at radius 2 is 1.94 bits per heavy atom. The topological polar surface area (TPSA) is 57.7 Å². The molecule has 0 aliphatic heterocycles. The largest absolute Gasteiger partial charge is 0.298 e. The SMILES string of the molecule is CN(C)N(c1c(Br)cccc1C=O)[SH](=O)=O. The zero-order chi connectivity index (χ0) is 12.3. The fraction of sp³-hybridized carbons (Fsp3) is 0.222. The number of para-hydroxylation sites is 1. The van der Waals surface area contributed by atoms with Gasteiger partial charge in [-0.1, -0.05) is 6.07 Å². The molecule has 0 saturated carbocycles. The number of rotatable bonds is 4. The van der Waals surface area contributed by atoms with Gasteiger partial charge in [0.1, 0.15) is 0 Å². The third kappa shape index (κ3) is 2.60. The highest BCUT2D eigenvalue weighted by molar-refractivity contribution is 9.10. The van der Waals surface area contributed by atoms with Gasteiger partial charge in [-0.25, -0.2) is 17.8 Å². The van der Waals surface area contributed by atoms with Gasteiger partial charge in [-0.3, -0.25) is 4.79 Å². The van der Waals surface area contributed by atoms with Crippen LogP contribution in [0.4, 0.5) is 5.69 Å². The van der Waals surface area contributed by atoms with Crippen LogP contribution in [0, 0.1) is 0 Å². The lowest BCUT2D eigenvalue weighted by atomic mass is 10.2. The van der Waals surface area contributed by atoms with Crippen LogP contribution in [-0.2, 0) is 10.9 Å². The predicted molar refractivity (Wildman–Crippen MR) is 66.0 cm³/mol. The minimum atomic E-state index is -2.85. The third-order valence-corrected chi connectivity index (χ3v) is 3.39. The van der Waals surface area contributed by atoms with Gasteiger partial charge in [-0.2, -0.15) is 0 Å². The minimum absolute atomic E-state index is 0.308. The molecule has 0 aromatic heterocycles. The zero-order valence-corrected chi connectivity index (χ0v) is 11.2. The summed E-state index contributed by atoms with van der Waals surface area (Å²) in [5, 5.41) is 1.39. The quantitative estimate of drug-likeness (QED) is 0.514. The molecule has 5 nitrogen and oxygen atoms in total. The van der Waals surface area contributed by atoms with E-state index < -0.39 is 10.9 Å². The first-order valence-corrected chi connectivity index (χ1v) is 6.26. The smallest absolute Gasteiger partial charge is 0.238 e. The standard InChI is InChI=1S/C9H11BrN2O3S/c1-11(2)12(16(14)15)9-7(6-13)4-3-5-8(9)10/h3-6,16H,1-2H3. The molecule has 0 spiro atoms. The fourth-order valence-corrected chi connectivity index (χ4v) is 2.63. The summed E-state index contributed by atoms with van der Waals surface area (Å²) in [6, 6.07) is 4.91. The predicted octanol–water partition coefficient (Wildman–Crippen LogP) is 1.07. The molecule has 0 saturated heterocycles. The highest BCUT2D eigenvalue weighted by Crippen LogP contribution is 2.29. The normalized spacial score (nSPS) is 10.8. The summed E-state index contributed by atoms with van der Waals surface area (Å²) in [5.41, 5.74) is 0.626. The lowest BCUT2D eigenvalue weighted by Gasteiger charge is -2.26. The van der Waals surface area contributed by atoms with Crippen molar-refractivity contribution in [3.05, 3.63) is 28.2 Å². The number of hydrazine groups is 1. The van der Waals surface area contributed by atoms with E-state index in [0.717, 1.165) is 4.41 Å². The van der Waals surface area contributed by atoms with Gasteiger partial charge in [0.25, 0.3) is 0 Å². The molecule has 0 aliphatic carbocycles. The second-order valence-electron chi connectivity index (χ2n) is 3.17. The molecule has 0 unspecified atom stereocenters. The van der Waals surface area contributed by atoms with Crippen molar-refractivity contribution in [2.75, 3.05) is 18.5 Å². The molecule has 16 heavy (non-hydrogen) atoms. The number of nitrogens with zero attached hydrogens (tertiary/aromatic N) is 2. The maximum atomic E-state index is 11.1. The van der Waals surface area contributed by atoms with Crippen LogP contribution in [0.3, 0.4) is 0 Å². The third-order valence-electron chi connectivity index (χ3n) is 1.88. The molecule has 1 aromatic carbocycles. The van der Waals surface area contributed by atoms with Crippen LogP contribution in [0.25, 0.3) is 0 Å². The first-order valence-electron chi connectivity index (χ1n) is 4.34. The van der Waals surface area contributed by atoms with Crippen LogP contribution >= 0.6 is 15.9 Å². The summed E-state index contributed by atoms with van der Waals surface area (Å²) in [5.74, 6) is 0. The van der Waals surface area contributed by atoms with E-state index in [9.17, 15) is 13.2 Å². The van der Waals surface area contributed by atoms with Crippen molar-refractivity contribution >= 4 is 38.8 Å². The maximum Gasteiger partial charge on any atom is 0.238 e. The minimum Gasteiger partial charge on any atom is -0.298 e. The Bertz CT molecular complexity index is 466. The van der Waals surface area contributed by atoms with Crippen molar-refractivity contribution in [2.45, 2.75) is 0 Å². The molecule has 0 N–H and O–H groups in total. The number of hydrogen-bond acceptors (Lipinski definition) is 4. The van der Waals surface area contributed by atoms with Gasteiger partial charge in [-0.15, -0.1) is 0 Å². The number of hydrogen-bond donors (Lipinski definition) is 1. The Morgan fingerprint density at radius 1 is 1.31 bits per heavy atom. The first-order chi connectivity index (χ1) is 7.49. The highest BCUT2D eigenvalue weighted by atomic mass is 79.9. The Kier molecular flexibility index (Phi) is 4.45. The Morgan fingerprint density at radius 3 is 2.38 bits per heavy atom. The van der Waals surface area contributed by atoms with Crippen LogP contribution < -0.4 is 4.41 Å². The fourth-order valence-electron chi connectivity index (χ4n) is 1.27. The number of benzene rings is 1. The van der Waals surface area contributed by atoms with Gasteiger partial charge in [0.05, 0.1) is 5.69 Å². The Balaban J connectivity index is 3.44. The molecule has 0 bridgehead atoms. The summed E-state index contributed by atoms with van der Waals surface area (Å²) in [7, 11) is 0.318. The molecule has 7 heteroatoms. The summed E-state index contributed by atoms with van der Waals surface area (Å²) in [6.45, 7) is 0. The summed E-state index contributed by atoms with van der Waals surface area (Å²) >= 11 is 3.23. The molecule has 0 aliphatic rings. The number of carbonyl (C=O) groups is 1. The van der Waals surface area contributed by atoms with Gasteiger partial charge >= 0.3 is 0 Å². The van der Waals surface area contributed by atoms with Crippen LogP contribution in [0.1, 0.15) is 10.4 Å². The van der Waals surface area contributed by atoms with Gasteiger partial charge in [0.2, 0.25) is 10.9 Å². The van der Waals surface area contributed by atoms with Crippen LogP contribution in [-0.4, -0.2) is 33.8 Å². The molecule has 0 radical (unpaired) electrons. The lowest BCUT2D eigenvalue weighted by molar-refractivity contribution is 0.112. The van der Waals surface area contributed by atoms with Crippen molar-refractivity contribution in [1.29, 1.82) is 0 Å². The van der Waals surface area contributed by atoms with E-state index in [0.29, 0.717) is 22.0 Å². The lowest BCUT2D eigenvalue weighted by Crippen LogP contribution is -2.36. The van der Waals surface area contributed by atoms with Gasteiger partial charge in [-0.05, 0) is 28.1 Å². The molecule has 0 atom stereocenters. The molecule has 1 rings (SSSR count). The summed E-state index contributed by atoms with van der Waals surface area (Å²) < 4.78 is 23.9. The Labute approximate surface area is 104 Å². The van der Waals surface area contributed by atoms with Crippen molar-refractivity contribution < 1.29 is 13.2 Å². The molecule has 0 heterocycles.